The van der Waals surface area contributed by atoms with Crippen LogP contribution in [0.5, 0.6) is 0 Å². The lowest BCUT2D eigenvalue weighted by Gasteiger charge is -2.14. The van der Waals surface area contributed by atoms with E-state index in [2.05, 4.69) is 4.72 Å². The summed E-state index contributed by atoms with van der Waals surface area (Å²) >= 11 is 5.54. The maximum Gasteiger partial charge on any atom is 0.243 e. The molecule has 0 aliphatic carbocycles. The molecule has 1 aromatic rings. The minimum atomic E-state index is -4.09. The van der Waals surface area contributed by atoms with Crippen LogP contribution in [0.3, 0.4) is 0 Å². The number of rotatable bonds is 5. The topological polar surface area (TPSA) is 46.2 Å². The summed E-state index contributed by atoms with van der Waals surface area (Å²) < 4.78 is 51.9. The third kappa shape index (κ3) is 3.62. The third-order valence-electron chi connectivity index (χ3n) is 2.18. The molecule has 96 valence electrons. The van der Waals surface area contributed by atoms with Crippen LogP contribution in [0.1, 0.15) is 13.3 Å². The summed E-state index contributed by atoms with van der Waals surface area (Å²) in [7, 11) is -4.09. The molecule has 0 spiro atoms. The second-order valence-corrected chi connectivity index (χ2v) is 5.45. The summed E-state index contributed by atoms with van der Waals surface area (Å²) in [6.45, 7) is 1.73. The summed E-state index contributed by atoms with van der Waals surface area (Å²) in [5, 5.41) is 0. The van der Waals surface area contributed by atoms with Gasteiger partial charge in [-0.15, -0.1) is 11.6 Å². The van der Waals surface area contributed by atoms with Crippen LogP contribution in [0.15, 0.2) is 23.1 Å². The highest BCUT2D eigenvalue weighted by atomic mass is 35.5. The van der Waals surface area contributed by atoms with E-state index in [1.807, 2.05) is 0 Å². The van der Waals surface area contributed by atoms with Crippen molar-refractivity contribution in [1.82, 2.24) is 4.72 Å². The molecule has 17 heavy (non-hydrogen) atoms. The first-order chi connectivity index (χ1) is 7.90. The molecule has 0 fully saturated rings. The molecule has 0 radical (unpaired) electrons. The van der Waals surface area contributed by atoms with Gasteiger partial charge in [0.2, 0.25) is 10.0 Å². The van der Waals surface area contributed by atoms with Gasteiger partial charge in [0, 0.05) is 11.9 Å². The summed E-state index contributed by atoms with van der Waals surface area (Å²) in [6, 6.07) is 1.75. The Morgan fingerprint density at radius 3 is 2.59 bits per heavy atom. The Bertz CT molecular complexity index is 489. The fourth-order valence-corrected chi connectivity index (χ4v) is 2.99. The monoisotopic (exact) mass is 283 g/mol. The highest BCUT2D eigenvalue weighted by Gasteiger charge is 2.22. The van der Waals surface area contributed by atoms with Crippen molar-refractivity contribution in [2.75, 3.05) is 5.88 Å². The van der Waals surface area contributed by atoms with Crippen LogP contribution in [0.2, 0.25) is 0 Å². The van der Waals surface area contributed by atoms with Gasteiger partial charge in [-0.05, 0) is 24.6 Å². The van der Waals surface area contributed by atoms with Gasteiger partial charge >= 0.3 is 0 Å². The fourth-order valence-electron chi connectivity index (χ4n) is 1.19. The Balaban J connectivity index is 3.09. The van der Waals surface area contributed by atoms with Gasteiger partial charge in [-0.25, -0.2) is 21.9 Å². The first-order valence-corrected chi connectivity index (χ1v) is 6.95. The number of benzene rings is 1. The molecule has 0 saturated heterocycles. The molecule has 0 heterocycles. The smallest absolute Gasteiger partial charge is 0.207 e. The second kappa shape index (κ2) is 5.75. The Labute approximate surface area is 104 Å². The predicted octanol–water partition coefficient (Wildman–Crippen LogP) is 2.26. The zero-order valence-corrected chi connectivity index (χ0v) is 10.7. The van der Waals surface area contributed by atoms with E-state index in [0.717, 1.165) is 12.1 Å². The van der Waals surface area contributed by atoms with Crippen molar-refractivity contribution in [2.45, 2.75) is 24.3 Å². The summed E-state index contributed by atoms with van der Waals surface area (Å²) in [6.07, 6.45) is 0.458. The van der Waals surface area contributed by atoms with Crippen LogP contribution in [0.25, 0.3) is 0 Å². The second-order valence-electron chi connectivity index (χ2n) is 3.46. The van der Waals surface area contributed by atoms with Crippen molar-refractivity contribution >= 4 is 21.6 Å². The molecule has 0 saturated carbocycles. The Morgan fingerprint density at radius 1 is 1.41 bits per heavy atom. The van der Waals surface area contributed by atoms with E-state index in [1.54, 1.807) is 6.92 Å². The van der Waals surface area contributed by atoms with Crippen molar-refractivity contribution in [3.8, 4) is 0 Å². The average Bonchev–Trinajstić information content (AvgIpc) is 2.29. The van der Waals surface area contributed by atoms with Gasteiger partial charge < -0.3 is 0 Å². The van der Waals surface area contributed by atoms with Crippen LogP contribution in [-0.4, -0.2) is 20.3 Å². The standard InChI is InChI=1S/C10H12ClF2NO2S/c1-2-8(6-11)14-17(15,16)10-5-7(12)3-4-9(10)13/h3-5,8,14H,2,6H2,1H3. The molecule has 1 unspecified atom stereocenters. The fraction of sp³-hybridized carbons (Fsp3) is 0.400. The number of hydrogen-bond acceptors (Lipinski definition) is 2. The van der Waals surface area contributed by atoms with Crippen LogP contribution in [0, 0.1) is 11.6 Å². The summed E-state index contributed by atoms with van der Waals surface area (Å²) in [4.78, 5) is -0.707. The molecule has 1 aromatic carbocycles. The van der Waals surface area contributed by atoms with E-state index in [1.165, 1.54) is 0 Å². The number of nitrogens with one attached hydrogen (secondary N) is 1. The van der Waals surface area contributed by atoms with Crippen molar-refractivity contribution < 1.29 is 17.2 Å². The predicted molar refractivity (Wildman–Crippen MR) is 61.5 cm³/mol. The minimum absolute atomic E-state index is 0.0622. The van der Waals surface area contributed by atoms with Gasteiger partial charge in [0.15, 0.2) is 0 Å². The molecule has 0 aromatic heterocycles. The van der Waals surface area contributed by atoms with Crippen molar-refractivity contribution in [3.05, 3.63) is 29.8 Å². The van der Waals surface area contributed by atoms with E-state index >= 15 is 0 Å². The lowest BCUT2D eigenvalue weighted by molar-refractivity contribution is 0.533. The van der Waals surface area contributed by atoms with Crippen molar-refractivity contribution in [3.63, 3.8) is 0 Å². The first-order valence-electron chi connectivity index (χ1n) is 4.94. The van der Waals surface area contributed by atoms with Crippen LogP contribution in [0.4, 0.5) is 8.78 Å². The van der Waals surface area contributed by atoms with Crippen molar-refractivity contribution in [2.24, 2.45) is 0 Å². The molecule has 3 nitrogen and oxygen atoms in total. The summed E-state index contributed by atoms with van der Waals surface area (Å²) in [5.74, 6) is -1.75. The molecular formula is C10H12ClF2NO2S. The first kappa shape index (κ1) is 14.3. The quantitative estimate of drug-likeness (QED) is 0.843. The van der Waals surface area contributed by atoms with E-state index in [0.29, 0.717) is 12.5 Å². The van der Waals surface area contributed by atoms with E-state index in [-0.39, 0.29) is 5.88 Å². The number of sulfonamides is 1. The van der Waals surface area contributed by atoms with Crippen LogP contribution in [-0.2, 0) is 10.0 Å². The maximum atomic E-state index is 13.3. The molecular weight excluding hydrogens is 272 g/mol. The van der Waals surface area contributed by atoms with Crippen LogP contribution >= 0.6 is 11.6 Å². The molecule has 1 N–H and O–H groups in total. The average molecular weight is 284 g/mol. The number of halogens is 3. The van der Waals surface area contributed by atoms with E-state index < -0.39 is 32.6 Å². The Kier molecular flexibility index (Phi) is 4.85. The Hall–Kier alpha value is -0.720. The SMILES string of the molecule is CCC(CCl)NS(=O)(=O)c1cc(F)ccc1F. The van der Waals surface area contributed by atoms with Crippen molar-refractivity contribution in [1.29, 1.82) is 0 Å². The van der Waals surface area contributed by atoms with Gasteiger partial charge in [-0.3, -0.25) is 0 Å². The molecule has 0 amide bonds. The van der Waals surface area contributed by atoms with Gasteiger partial charge in [0.25, 0.3) is 0 Å². The number of alkyl halides is 1. The minimum Gasteiger partial charge on any atom is -0.207 e. The molecule has 0 aliphatic heterocycles. The molecule has 0 aliphatic rings. The maximum absolute atomic E-state index is 13.3. The van der Waals surface area contributed by atoms with Gasteiger partial charge in [0.05, 0.1) is 0 Å². The Morgan fingerprint density at radius 2 is 2.06 bits per heavy atom. The molecule has 1 rings (SSSR count). The molecule has 7 heteroatoms. The zero-order chi connectivity index (χ0) is 13.1. The highest BCUT2D eigenvalue weighted by molar-refractivity contribution is 7.89. The van der Waals surface area contributed by atoms with E-state index in [4.69, 9.17) is 11.6 Å². The van der Waals surface area contributed by atoms with E-state index in [9.17, 15) is 17.2 Å². The highest BCUT2D eigenvalue weighted by Crippen LogP contribution is 2.16. The normalized spacial score (nSPS) is 13.6. The lowest BCUT2D eigenvalue weighted by Crippen LogP contribution is -2.36. The number of hydrogen-bond donors (Lipinski definition) is 1. The third-order valence-corrected chi connectivity index (χ3v) is 4.09. The molecule has 0 bridgehead atoms. The largest absolute Gasteiger partial charge is 0.243 e. The van der Waals surface area contributed by atoms with Crippen LogP contribution < -0.4 is 4.72 Å². The van der Waals surface area contributed by atoms with Gasteiger partial charge in [-0.1, -0.05) is 6.92 Å². The molecule has 1 atom stereocenters. The lowest BCUT2D eigenvalue weighted by atomic mass is 10.3. The van der Waals surface area contributed by atoms with Gasteiger partial charge in [-0.2, -0.15) is 0 Å². The van der Waals surface area contributed by atoms with Gasteiger partial charge in [0.1, 0.15) is 16.5 Å². The summed E-state index contributed by atoms with van der Waals surface area (Å²) in [5.41, 5.74) is 0. The zero-order valence-electron chi connectivity index (χ0n) is 9.08.